The number of benzene rings is 2. The van der Waals surface area contributed by atoms with Gasteiger partial charge in [0.25, 0.3) is 5.56 Å². The van der Waals surface area contributed by atoms with Gasteiger partial charge in [0.1, 0.15) is 16.9 Å². The summed E-state index contributed by atoms with van der Waals surface area (Å²) in [6.45, 7) is 0. The van der Waals surface area contributed by atoms with Gasteiger partial charge < -0.3 is 15.1 Å². The van der Waals surface area contributed by atoms with E-state index in [1.54, 1.807) is 0 Å². The van der Waals surface area contributed by atoms with Crippen LogP contribution in [-0.4, -0.2) is 9.97 Å². The second-order valence-electron chi connectivity index (χ2n) is 5.67. The molecule has 0 spiro atoms. The van der Waals surface area contributed by atoms with Crippen molar-refractivity contribution >= 4 is 38.0 Å². The summed E-state index contributed by atoms with van der Waals surface area (Å²) in [6, 6.07) is 15.0. The zero-order valence-corrected chi connectivity index (χ0v) is 14.2. The quantitative estimate of drug-likeness (QED) is 0.565. The van der Waals surface area contributed by atoms with E-state index in [-0.39, 0.29) is 11.1 Å². The lowest BCUT2D eigenvalue weighted by atomic mass is 10.1. The number of nitrogens with zero attached hydrogens (tertiary/aromatic N) is 1. The van der Waals surface area contributed by atoms with Crippen molar-refractivity contribution in [1.82, 2.24) is 9.97 Å². The van der Waals surface area contributed by atoms with E-state index in [1.807, 2.05) is 48.5 Å². The minimum Gasteiger partial charge on any atom is -0.449 e. The number of nitrogens with two attached hydrogens (primary N) is 1. The van der Waals surface area contributed by atoms with Crippen LogP contribution in [0, 0.1) is 0 Å². The summed E-state index contributed by atoms with van der Waals surface area (Å²) < 4.78 is 6.52. The minimum absolute atomic E-state index is 0.221. The maximum absolute atomic E-state index is 12.4. The van der Waals surface area contributed by atoms with Crippen LogP contribution in [0.2, 0.25) is 0 Å². The molecule has 4 rings (SSSR count). The standard InChI is InChI=1S/C18H14BrN3O2/c19-11-6-7-14-12(9-11)15-16(24-14)18(23)22-17(21-15)13(20)8-10-4-2-1-3-5-10/h1-7,9,13H,8,20H2,(H,21,22,23). The molecule has 2 heterocycles. The van der Waals surface area contributed by atoms with E-state index in [9.17, 15) is 4.79 Å². The van der Waals surface area contributed by atoms with Crippen molar-refractivity contribution in [3.05, 3.63) is 74.7 Å². The Balaban J connectivity index is 1.83. The van der Waals surface area contributed by atoms with Crippen LogP contribution in [-0.2, 0) is 6.42 Å². The van der Waals surface area contributed by atoms with Crippen LogP contribution in [0.4, 0.5) is 0 Å². The maximum atomic E-state index is 12.4. The number of hydrogen-bond acceptors (Lipinski definition) is 4. The fraction of sp³-hybridized carbons (Fsp3) is 0.111. The normalized spacial score (nSPS) is 12.8. The zero-order valence-electron chi connectivity index (χ0n) is 12.6. The predicted molar refractivity (Wildman–Crippen MR) is 96.9 cm³/mol. The first-order valence-corrected chi connectivity index (χ1v) is 8.32. The highest BCUT2D eigenvalue weighted by Gasteiger charge is 2.17. The van der Waals surface area contributed by atoms with E-state index >= 15 is 0 Å². The Morgan fingerprint density at radius 3 is 2.79 bits per heavy atom. The lowest BCUT2D eigenvalue weighted by Gasteiger charge is -2.10. The lowest BCUT2D eigenvalue weighted by Crippen LogP contribution is -2.21. The van der Waals surface area contributed by atoms with E-state index in [0.717, 1.165) is 15.4 Å². The summed E-state index contributed by atoms with van der Waals surface area (Å²) in [6.07, 6.45) is 0.592. The molecule has 5 nitrogen and oxygen atoms in total. The van der Waals surface area contributed by atoms with Gasteiger partial charge in [0.15, 0.2) is 0 Å². The highest BCUT2D eigenvalue weighted by Crippen LogP contribution is 2.28. The first kappa shape index (κ1) is 15.1. The van der Waals surface area contributed by atoms with Crippen molar-refractivity contribution in [2.45, 2.75) is 12.5 Å². The SMILES string of the molecule is NC(Cc1ccccc1)c1nc2c(oc3ccc(Br)cc32)c(=O)[nH]1. The Bertz CT molecular complexity index is 1090. The van der Waals surface area contributed by atoms with E-state index in [4.69, 9.17) is 10.2 Å². The Kier molecular flexibility index (Phi) is 3.70. The summed E-state index contributed by atoms with van der Waals surface area (Å²) in [5.41, 5.74) is 8.42. The largest absolute Gasteiger partial charge is 0.449 e. The number of fused-ring (bicyclic) bond motifs is 3. The molecule has 0 aliphatic heterocycles. The number of rotatable bonds is 3. The zero-order chi connectivity index (χ0) is 16.7. The average Bonchev–Trinajstić information content (AvgIpc) is 2.94. The third-order valence-corrected chi connectivity index (χ3v) is 4.45. The van der Waals surface area contributed by atoms with Gasteiger partial charge in [0.2, 0.25) is 5.58 Å². The monoisotopic (exact) mass is 383 g/mol. The molecule has 1 atom stereocenters. The van der Waals surface area contributed by atoms with Crippen molar-refractivity contribution in [3.63, 3.8) is 0 Å². The summed E-state index contributed by atoms with van der Waals surface area (Å²) >= 11 is 3.43. The third-order valence-electron chi connectivity index (χ3n) is 3.95. The van der Waals surface area contributed by atoms with Crippen molar-refractivity contribution in [2.75, 3.05) is 0 Å². The number of H-pyrrole nitrogens is 1. The molecule has 0 radical (unpaired) electrons. The van der Waals surface area contributed by atoms with Crippen LogP contribution in [0.1, 0.15) is 17.4 Å². The molecule has 2 aromatic heterocycles. The van der Waals surface area contributed by atoms with Crippen LogP contribution in [0.5, 0.6) is 0 Å². The molecule has 0 aliphatic rings. The minimum atomic E-state index is -0.401. The van der Waals surface area contributed by atoms with Crippen molar-refractivity contribution in [3.8, 4) is 0 Å². The summed E-state index contributed by atoms with van der Waals surface area (Å²) in [5.74, 6) is 0.457. The molecular weight excluding hydrogens is 370 g/mol. The number of aromatic amines is 1. The van der Waals surface area contributed by atoms with Crippen LogP contribution < -0.4 is 11.3 Å². The second-order valence-corrected chi connectivity index (χ2v) is 6.58. The molecule has 0 saturated heterocycles. The number of nitrogens with one attached hydrogen (secondary N) is 1. The van der Waals surface area contributed by atoms with Crippen molar-refractivity contribution in [1.29, 1.82) is 0 Å². The number of aromatic nitrogens is 2. The highest BCUT2D eigenvalue weighted by atomic mass is 79.9. The van der Waals surface area contributed by atoms with E-state index < -0.39 is 6.04 Å². The average molecular weight is 384 g/mol. The van der Waals surface area contributed by atoms with Gasteiger partial charge in [0, 0.05) is 9.86 Å². The summed E-state index contributed by atoms with van der Waals surface area (Å²) in [5, 5.41) is 0.790. The van der Waals surface area contributed by atoms with Gasteiger partial charge in [-0.1, -0.05) is 46.3 Å². The smallest absolute Gasteiger partial charge is 0.294 e. The van der Waals surface area contributed by atoms with Gasteiger partial charge in [-0.05, 0) is 30.2 Å². The molecule has 0 amide bonds. The Morgan fingerprint density at radius 1 is 1.21 bits per heavy atom. The fourth-order valence-electron chi connectivity index (χ4n) is 2.78. The first-order valence-electron chi connectivity index (χ1n) is 7.53. The van der Waals surface area contributed by atoms with Gasteiger partial charge >= 0.3 is 0 Å². The molecule has 0 bridgehead atoms. The number of halogens is 1. The van der Waals surface area contributed by atoms with Gasteiger partial charge in [-0.15, -0.1) is 0 Å². The van der Waals surface area contributed by atoms with Crippen LogP contribution in [0.25, 0.3) is 22.1 Å². The number of hydrogen-bond donors (Lipinski definition) is 2. The molecule has 6 heteroatoms. The van der Waals surface area contributed by atoms with Gasteiger partial charge in [0.05, 0.1) is 6.04 Å². The van der Waals surface area contributed by atoms with E-state index in [1.165, 1.54) is 0 Å². The van der Waals surface area contributed by atoms with Gasteiger partial charge in [-0.2, -0.15) is 0 Å². The highest BCUT2D eigenvalue weighted by molar-refractivity contribution is 9.10. The molecule has 0 fully saturated rings. The van der Waals surface area contributed by atoms with Crippen molar-refractivity contribution < 1.29 is 4.42 Å². The molecule has 2 aromatic carbocycles. The van der Waals surface area contributed by atoms with Gasteiger partial charge in [-0.25, -0.2) is 4.98 Å². The topological polar surface area (TPSA) is 84.9 Å². The summed E-state index contributed by atoms with van der Waals surface area (Å²) in [7, 11) is 0. The fourth-order valence-corrected chi connectivity index (χ4v) is 3.14. The first-order chi connectivity index (χ1) is 11.6. The predicted octanol–water partition coefficient (Wildman–Crippen LogP) is 3.67. The molecule has 120 valence electrons. The number of furan rings is 1. The molecular formula is C18H14BrN3O2. The molecule has 3 N–H and O–H groups in total. The van der Waals surface area contributed by atoms with Gasteiger partial charge in [-0.3, -0.25) is 4.79 Å². The van der Waals surface area contributed by atoms with E-state index in [0.29, 0.717) is 23.3 Å². The maximum Gasteiger partial charge on any atom is 0.294 e. The Labute approximate surface area is 145 Å². The lowest BCUT2D eigenvalue weighted by molar-refractivity contribution is 0.643. The second kappa shape index (κ2) is 5.89. The van der Waals surface area contributed by atoms with Crippen LogP contribution >= 0.6 is 15.9 Å². The Morgan fingerprint density at radius 2 is 2.00 bits per heavy atom. The van der Waals surface area contributed by atoms with Crippen LogP contribution in [0.3, 0.4) is 0 Å². The van der Waals surface area contributed by atoms with Crippen LogP contribution in [0.15, 0.2) is 62.2 Å². The van der Waals surface area contributed by atoms with E-state index in [2.05, 4.69) is 25.9 Å². The molecule has 1 unspecified atom stereocenters. The Hall–Kier alpha value is -2.44. The molecule has 4 aromatic rings. The molecule has 0 saturated carbocycles. The van der Waals surface area contributed by atoms with Crippen molar-refractivity contribution in [2.24, 2.45) is 5.73 Å². The molecule has 24 heavy (non-hydrogen) atoms. The third kappa shape index (κ3) is 2.64. The molecule has 0 aliphatic carbocycles. The summed E-state index contributed by atoms with van der Waals surface area (Å²) in [4.78, 5) is 19.7.